The number of aryl methyl sites for hydroxylation is 1. The van der Waals surface area contributed by atoms with Gasteiger partial charge in [0.1, 0.15) is 15.8 Å². The van der Waals surface area contributed by atoms with Crippen LogP contribution in [0, 0.1) is 12.8 Å². The molecule has 12 heteroatoms. The van der Waals surface area contributed by atoms with Crippen LogP contribution in [0.25, 0.3) is 11.7 Å². The van der Waals surface area contributed by atoms with E-state index in [0.717, 1.165) is 17.3 Å². The molecule has 2 saturated heterocycles. The number of carbonyl (C=O) groups excluding carboxylic acids is 2. The van der Waals surface area contributed by atoms with Gasteiger partial charge in [-0.1, -0.05) is 30.0 Å². The molecule has 2 fully saturated rings. The van der Waals surface area contributed by atoms with Crippen LogP contribution in [-0.2, 0) is 14.4 Å². The van der Waals surface area contributed by atoms with Gasteiger partial charge in [0, 0.05) is 31.7 Å². The fraction of sp³-hybridized carbons (Fsp3) is 0.364. The maximum atomic E-state index is 13.5. The standard InChI is InChI=1S/C22H23N5O5S2/c1-12-3-2-7-26-18(12)24-19(25-8-4-13(5-9-25)17(23)30)14(20(26)31)11-15-21(32)27(22(33)34-15)10-6-16(28)29/h2-3,7,11,13H,4-6,8-10H2,1H3,(H2,23,30)(H,28,29). The van der Waals surface area contributed by atoms with Crippen molar-refractivity contribution in [3.05, 3.63) is 44.7 Å². The first-order chi connectivity index (χ1) is 16.2. The predicted octanol–water partition coefficient (Wildman–Crippen LogP) is 1.38. The van der Waals surface area contributed by atoms with Crippen molar-refractivity contribution in [1.29, 1.82) is 0 Å². The topological polar surface area (TPSA) is 138 Å². The summed E-state index contributed by atoms with van der Waals surface area (Å²) in [7, 11) is 0. The van der Waals surface area contributed by atoms with Gasteiger partial charge in [0.15, 0.2) is 0 Å². The number of thiocarbonyl (C=S) groups is 1. The minimum atomic E-state index is -1.04. The summed E-state index contributed by atoms with van der Waals surface area (Å²) in [5.41, 5.74) is 6.69. The van der Waals surface area contributed by atoms with E-state index in [-0.39, 0.29) is 45.1 Å². The Balaban J connectivity index is 1.78. The van der Waals surface area contributed by atoms with E-state index in [1.807, 2.05) is 17.9 Å². The van der Waals surface area contributed by atoms with Gasteiger partial charge >= 0.3 is 5.97 Å². The van der Waals surface area contributed by atoms with E-state index in [0.29, 0.717) is 37.4 Å². The third-order valence-electron chi connectivity index (χ3n) is 5.96. The summed E-state index contributed by atoms with van der Waals surface area (Å²) < 4.78 is 1.68. The number of aromatic nitrogens is 2. The van der Waals surface area contributed by atoms with Gasteiger partial charge in [-0.2, -0.15) is 0 Å². The number of carboxylic acids is 1. The number of carbonyl (C=O) groups is 3. The van der Waals surface area contributed by atoms with Crippen molar-refractivity contribution < 1.29 is 19.5 Å². The Morgan fingerprint density at radius 3 is 2.68 bits per heavy atom. The molecule has 0 saturated carbocycles. The van der Waals surface area contributed by atoms with Crippen molar-refractivity contribution in [1.82, 2.24) is 14.3 Å². The molecule has 0 atom stereocenters. The number of anilines is 1. The van der Waals surface area contributed by atoms with E-state index >= 15 is 0 Å². The zero-order chi connectivity index (χ0) is 24.6. The highest BCUT2D eigenvalue weighted by atomic mass is 32.2. The van der Waals surface area contributed by atoms with Crippen molar-refractivity contribution in [2.75, 3.05) is 24.5 Å². The molecule has 2 aromatic heterocycles. The quantitative estimate of drug-likeness (QED) is 0.444. The number of nitrogens with two attached hydrogens (primary N) is 1. The number of rotatable bonds is 6. The number of nitrogens with zero attached hydrogens (tertiary/aromatic N) is 4. The van der Waals surface area contributed by atoms with Crippen LogP contribution >= 0.6 is 24.0 Å². The molecule has 178 valence electrons. The molecule has 4 rings (SSSR count). The highest BCUT2D eigenvalue weighted by Gasteiger charge is 2.33. The van der Waals surface area contributed by atoms with Crippen LogP contribution in [0.5, 0.6) is 0 Å². The Morgan fingerprint density at radius 1 is 1.32 bits per heavy atom. The molecule has 0 spiro atoms. The van der Waals surface area contributed by atoms with E-state index in [9.17, 15) is 19.2 Å². The summed E-state index contributed by atoms with van der Waals surface area (Å²) in [5.74, 6) is -1.62. The normalized spacial score (nSPS) is 18.3. The van der Waals surface area contributed by atoms with Crippen LogP contribution in [0.2, 0.25) is 0 Å². The van der Waals surface area contributed by atoms with E-state index in [1.54, 1.807) is 12.3 Å². The van der Waals surface area contributed by atoms with Crippen molar-refractivity contribution in [3.63, 3.8) is 0 Å². The second kappa shape index (κ2) is 9.55. The minimum absolute atomic E-state index is 0.0427. The van der Waals surface area contributed by atoms with Gasteiger partial charge in [-0.25, -0.2) is 4.98 Å². The minimum Gasteiger partial charge on any atom is -0.481 e. The summed E-state index contributed by atoms with van der Waals surface area (Å²) in [6.45, 7) is 2.79. The van der Waals surface area contributed by atoms with Crippen LogP contribution < -0.4 is 16.2 Å². The molecule has 0 aromatic carbocycles. The van der Waals surface area contributed by atoms with Crippen molar-refractivity contribution in [3.8, 4) is 0 Å². The molecular formula is C22H23N5O5S2. The number of hydrogen-bond acceptors (Lipinski definition) is 8. The number of thioether (sulfide) groups is 1. The molecule has 0 radical (unpaired) electrons. The van der Waals surface area contributed by atoms with E-state index in [4.69, 9.17) is 28.0 Å². The van der Waals surface area contributed by atoms with Crippen LogP contribution in [0.3, 0.4) is 0 Å². The first kappa shape index (κ1) is 23.9. The average Bonchev–Trinajstić information content (AvgIpc) is 3.06. The Labute approximate surface area is 204 Å². The Bertz CT molecular complexity index is 1300. The number of primary amides is 1. The predicted molar refractivity (Wildman–Crippen MR) is 132 cm³/mol. The molecule has 2 aliphatic rings. The molecule has 0 bridgehead atoms. The third kappa shape index (κ3) is 4.55. The Kier molecular flexibility index (Phi) is 6.71. The summed E-state index contributed by atoms with van der Waals surface area (Å²) in [6, 6.07) is 3.61. The Hall–Kier alpha value is -3.25. The maximum absolute atomic E-state index is 13.5. The van der Waals surface area contributed by atoms with Crippen LogP contribution in [0.15, 0.2) is 28.0 Å². The summed E-state index contributed by atoms with van der Waals surface area (Å²) in [6.07, 6.45) is 3.96. The molecule has 0 unspecified atom stereocenters. The van der Waals surface area contributed by atoms with E-state index in [2.05, 4.69) is 0 Å². The number of pyridine rings is 1. The summed E-state index contributed by atoms with van der Waals surface area (Å²) in [5, 5.41) is 8.95. The number of piperidine rings is 1. The van der Waals surface area contributed by atoms with Gasteiger partial charge in [-0.05, 0) is 37.5 Å². The molecule has 2 aromatic rings. The van der Waals surface area contributed by atoms with Crippen molar-refractivity contribution in [2.24, 2.45) is 11.7 Å². The van der Waals surface area contributed by atoms with Crippen molar-refractivity contribution in [2.45, 2.75) is 26.2 Å². The first-order valence-electron chi connectivity index (χ1n) is 10.7. The highest BCUT2D eigenvalue weighted by Crippen LogP contribution is 2.34. The molecule has 34 heavy (non-hydrogen) atoms. The second-order valence-corrected chi connectivity index (χ2v) is 9.86. The largest absolute Gasteiger partial charge is 0.481 e. The fourth-order valence-corrected chi connectivity index (χ4v) is 5.37. The smallest absolute Gasteiger partial charge is 0.305 e. The lowest BCUT2D eigenvalue weighted by Gasteiger charge is -2.32. The van der Waals surface area contributed by atoms with Gasteiger partial charge in [-0.15, -0.1) is 0 Å². The number of aliphatic carboxylic acids is 1. The zero-order valence-electron chi connectivity index (χ0n) is 18.4. The number of fused-ring (bicyclic) bond motifs is 1. The van der Waals surface area contributed by atoms with Gasteiger partial charge in [-0.3, -0.25) is 28.5 Å². The van der Waals surface area contributed by atoms with Gasteiger partial charge in [0.2, 0.25) is 5.91 Å². The summed E-state index contributed by atoms with van der Waals surface area (Å²) in [4.78, 5) is 57.2. The Morgan fingerprint density at radius 2 is 2.03 bits per heavy atom. The fourth-order valence-electron chi connectivity index (χ4n) is 4.07. The van der Waals surface area contributed by atoms with Crippen LogP contribution in [0.1, 0.15) is 30.4 Å². The highest BCUT2D eigenvalue weighted by molar-refractivity contribution is 8.26. The monoisotopic (exact) mass is 501 g/mol. The van der Waals surface area contributed by atoms with Crippen LogP contribution in [-0.4, -0.2) is 61.1 Å². The lowest BCUT2D eigenvalue weighted by Crippen LogP contribution is -2.40. The molecule has 2 aliphatic heterocycles. The molecule has 2 amide bonds. The molecule has 10 nitrogen and oxygen atoms in total. The maximum Gasteiger partial charge on any atom is 0.305 e. The number of amides is 2. The molecule has 3 N–H and O–H groups in total. The SMILES string of the molecule is Cc1cccn2c(=O)c(C=C3SC(=S)N(CCC(=O)O)C3=O)c(N3CCC(C(N)=O)CC3)nc12. The third-order valence-corrected chi connectivity index (χ3v) is 7.34. The summed E-state index contributed by atoms with van der Waals surface area (Å²) >= 11 is 6.29. The molecular weight excluding hydrogens is 478 g/mol. The van der Waals surface area contributed by atoms with Gasteiger partial charge in [0.25, 0.3) is 11.5 Å². The molecule has 0 aliphatic carbocycles. The molecule has 4 heterocycles. The second-order valence-electron chi connectivity index (χ2n) is 8.18. The van der Waals surface area contributed by atoms with Crippen molar-refractivity contribution >= 4 is 63.6 Å². The lowest BCUT2D eigenvalue weighted by atomic mass is 9.96. The lowest BCUT2D eigenvalue weighted by molar-refractivity contribution is -0.137. The zero-order valence-corrected chi connectivity index (χ0v) is 20.0. The van der Waals surface area contributed by atoms with E-state index in [1.165, 1.54) is 15.4 Å². The van der Waals surface area contributed by atoms with E-state index < -0.39 is 11.9 Å². The number of hydrogen-bond donors (Lipinski definition) is 2. The number of carboxylic acid groups (broad SMARTS) is 1. The first-order valence-corrected chi connectivity index (χ1v) is 11.9. The van der Waals surface area contributed by atoms with Gasteiger partial charge in [0.05, 0.1) is 16.9 Å². The average molecular weight is 502 g/mol. The van der Waals surface area contributed by atoms with Crippen LogP contribution in [0.4, 0.5) is 5.82 Å². The van der Waals surface area contributed by atoms with Gasteiger partial charge < -0.3 is 15.7 Å².